The third-order valence-electron chi connectivity index (χ3n) is 6.07. The Morgan fingerprint density at radius 2 is 2.10 bits per heavy atom. The van der Waals surface area contributed by atoms with Crippen LogP contribution in [0.15, 0.2) is 6.20 Å². The molecule has 2 N–H and O–H groups in total. The second-order valence-corrected chi connectivity index (χ2v) is 12.1. The summed E-state index contributed by atoms with van der Waals surface area (Å²) in [6.07, 6.45) is 5.35. The molecule has 1 aromatic heterocycles. The second-order valence-electron chi connectivity index (χ2n) is 8.73. The van der Waals surface area contributed by atoms with Crippen LogP contribution in [0.2, 0.25) is 19.1 Å². The number of rotatable bonds is 7. The van der Waals surface area contributed by atoms with Crippen molar-refractivity contribution in [2.75, 3.05) is 6.54 Å². The lowest BCUT2D eigenvalue weighted by atomic mass is 10.1. The van der Waals surface area contributed by atoms with E-state index in [1.165, 1.54) is 6.92 Å². The quantitative estimate of drug-likeness (QED) is 0.506. The molecular formula is C20H29N5O3Si. The minimum Gasteiger partial charge on any atom is -0.385 e. The Labute approximate surface area is 172 Å². The number of fused-ring (bicyclic) bond motifs is 2. The van der Waals surface area contributed by atoms with Gasteiger partial charge in [-0.15, -0.1) is 0 Å². The molecule has 2 fully saturated rings. The number of Topliss-reactive ketones (excluding diaryl/α,β-unsaturated/α-hetero) is 1. The van der Waals surface area contributed by atoms with Crippen LogP contribution >= 0.6 is 0 Å². The Kier molecular flexibility index (Phi) is 5.33. The lowest BCUT2D eigenvalue weighted by molar-refractivity contribution is -0.140. The molecule has 3 aliphatic rings. The minimum atomic E-state index is -0.713. The van der Waals surface area contributed by atoms with Crippen LogP contribution in [0.5, 0.6) is 0 Å². The topological polar surface area (TPSA) is 96.3 Å². The van der Waals surface area contributed by atoms with Crippen molar-refractivity contribution in [2.45, 2.75) is 64.1 Å². The van der Waals surface area contributed by atoms with Crippen LogP contribution < -0.4 is 10.6 Å². The molecule has 2 aliphatic heterocycles. The predicted molar refractivity (Wildman–Crippen MR) is 112 cm³/mol. The summed E-state index contributed by atoms with van der Waals surface area (Å²) in [5.41, 5.74) is 2.01. The van der Waals surface area contributed by atoms with Gasteiger partial charge in [-0.1, -0.05) is 13.1 Å². The van der Waals surface area contributed by atoms with E-state index in [-0.39, 0.29) is 36.2 Å². The average molecular weight is 416 g/mol. The van der Waals surface area contributed by atoms with Gasteiger partial charge in [0.1, 0.15) is 18.3 Å². The van der Waals surface area contributed by atoms with Gasteiger partial charge in [-0.3, -0.25) is 19.1 Å². The van der Waals surface area contributed by atoms with Crippen molar-refractivity contribution in [1.82, 2.24) is 25.3 Å². The normalized spacial score (nSPS) is 24.1. The molecule has 4 rings (SSSR count). The van der Waals surface area contributed by atoms with Crippen molar-refractivity contribution in [3.05, 3.63) is 23.2 Å². The maximum atomic E-state index is 13.2. The standard InChI is InChI=1S/C20H29N5O3Si/c1-12(26)19-14-4-5-21-10-17(14)24(23-19)11-18(27)25-15-8-13(15)9-16(25)20(28)22-6-7-29(2)3/h4-5,13,15-16,21,29H,6-11H2,1-3H3,(H,22,28)/t13-,15-,16+/m1/s1. The molecule has 0 spiro atoms. The molecule has 3 heterocycles. The maximum absolute atomic E-state index is 13.2. The van der Waals surface area contributed by atoms with Gasteiger partial charge in [0.05, 0.1) is 12.2 Å². The first-order chi connectivity index (χ1) is 13.9. The van der Waals surface area contributed by atoms with Gasteiger partial charge in [0.25, 0.3) is 0 Å². The zero-order chi connectivity index (χ0) is 20.7. The van der Waals surface area contributed by atoms with Gasteiger partial charge in [-0.05, 0) is 37.1 Å². The monoisotopic (exact) mass is 415 g/mol. The summed E-state index contributed by atoms with van der Waals surface area (Å²) in [5.74, 6) is 0.200. The molecule has 9 heteroatoms. The smallest absolute Gasteiger partial charge is 0.245 e. The van der Waals surface area contributed by atoms with E-state index in [4.69, 9.17) is 0 Å². The van der Waals surface area contributed by atoms with Gasteiger partial charge in [-0.2, -0.15) is 5.10 Å². The zero-order valence-electron chi connectivity index (χ0n) is 17.3. The van der Waals surface area contributed by atoms with Crippen molar-refractivity contribution in [3.8, 4) is 0 Å². The summed E-state index contributed by atoms with van der Waals surface area (Å²) in [6, 6.07) is 0.860. The van der Waals surface area contributed by atoms with Crippen molar-refractivity contribution in [2.24, 2.45) is 5.92 Å². The predicted octanol–water partition coefficient (Wildman–Crippen LogP) is 0.752. The fraction of sp³-hybridized carbons (Fsp3) is 0.600. The molecule has 1 saturated heterocycles. The summed E-state index contributed by atoms with van der Waals surface area (Å²) in [7, 11) is -0.713. The first-order valence-electron chi connectivity index (χ1n) is 10.5. The summed E-state index contributed by atoms with van der Waals surface area (Å²) in [4.78, 5) is 39.6. The molecular weight excluding hydrogens is 386 g/mol. The summed E-state index contributed by atoms with van der Waals surface area (Å²) in [5, 5.41) is 10.6. The Balaban J connectivity index is 1.48. The molecule has 1 aliphatic carbocycles. The first kappa shape index (κ1) is 19.9. The van der Waals surface area contributed by atoms with E-state index in [1.807, 2.05) is 6.08 Å². The molecule has 0 aromatic carbocycles. The van der Waals surface area contributed by atoms with Crippen LogP contribution in [0.3, 0.4) is 0 Å². The number of hydrogen-bond acceptors (Lipinski definition) is 5. The van der Waals surface area contributed by atoms with Crippen molar-refractivity contribution >= 4 is 32.5 Å². The van der Waals surface area contributed by atoms with E-state index in [1.54, 1.807) is 15.8 Å². The highest BCUT2D eigenvalue weighted by atomic mass is 28.3. The Morgan fingerprint density at radius 1 is 1.31 bits per heavy atom. The molecule has 1 saturated carbocycles. The van der Waals surface area contributed by atoms with E-state index >= 15 is 0 Å². The largest absolute Gasteiger partial charge is 0.385 e. The van der Waals surface area contributed by atoms with Crippen molar-refractivity contribution in [1.29, 1.82) is 0 Å². The van der Waals surface area contributed by atoms with Gasteiger partial charge in [0.2, 0.25) is 11.8 Å². The SMILES string of the molecule is CC(=O)c1nn(CC(=O)N2[C@@H]3C[C@@H]3C[C@H]2C(=O)NCC[SiH](C)C)c2c1C=CNC2. The van der Waals surface area contributed by atoms with Crippen LogP contribution in [-0.2, 0) is 22.7 Å². The number of ketones is 1. The molecule has 1 aromatic rings. The van der Waals surface area contributed by atoms with E-state index < -0.39 is 8.80 Å². The number of aromatic nitrogens is 2. The molecule has 8 nitrogen and oxygen atoms in total. The van der Waals surface area contributed by atoms with Crippen molar-refractivity contribution in [3.63, 3.8) is 0 Å². The third-order valence-corrected chi connectivity index (χ3v) is 7.51. The van der Waals surface area contributed by atoms with Crippen LogP contribution in [-0.4, -0.2) is 59.7 Å². The molecule has 0 unspecified atom stereocenters. The van der Waals surface area contributed by atoms with Crippen LogP contribution in [0, 0.1) is 5.92 Å². The van der Waals surface area contributed by atoms with E-state index in [9.17, 15) is 14.4 Å². The number of likely N-dealkylation sites (tertiary alicyclic amines) is 1. The summed E-state index contributed by atoms with van der Waals surface area (Å²) in [6.45, 7) is 7.28. The van der Waals surface area contributed by atoms with Gasteiger partial charge in [0, 0.05) is 33.9 Å². The lowest BCUT2D eigenvalue weighted by Crippen LogP contribution is -2.49. The number of carbonyl (C=O) groups is 3. The average Bonchev–Trinajstić information content (AvgIpc) is 3.17. The van der Waals surface area contributed by atoms with Crippen LogP contribution in [0.1, 0.15) is 41.5 Å². The van der Waals surface area contributed by atoms with Gasteiger partial charge < -0.3 is 15.5 Å². The number of hydrogen-bond donors (Lipinski definition) is 2. The molecule has 29 heavy (non-hydrogen) atoms. The Hall–Kier alpha value is -2.42. The fourth-order valence-corrected chi connectivity index (χ4v) is 5.14. The zero-order valence-corrected chi connectivity index (χ0v) is 18.4. The van der Waals surface area contributed by atoms with E-state index in [0.29, 0.717) is 24.7 Å². The van der Waals surface area contributed by atoms with Crippen LogP contribution in [0.25, 0.3) is 6.08 Å². The highest BCUT2D eigenvalue weighted by Crippen LogP contribution is 2.48. The fourth-order valence-electron chi connectivity index (χ4n) is 4.42. The number of carbonyl (C=O) groups excluding carboxylic acids is 3. The van der Waals surface area contributed by atoms with Crippen molar-refractivity contribution < 1.29 is 14.4 Å². The molecule has 156 valence electrons. The van der Waals surface area contributed by atoms with Gasteiger partial charge in [0.15, 0.2) is 5.78 Å². The Morgan fingerprint density at radius 3 is 2.83 bits per heavy atom. The van der Waals surface area contributed by atoms with Crippen LogP contribution in [0.4, 0.5) is 0 Å². The molecule has 0 bridgehead atoms. The Bertz CT molecular complexity index is 878. The number of nitrogens with one attached hydrogen (secondary N) is 2. The first-order valence-corrected chi connectivity index (χ1v) is 13.6. The van der Waals surface area contributed by atoms with Gasteiger partial charge in [-0.25, -0.2) is 0 Å². The highest BCUT2D eigenvalue weighted by Gasteiger charge is 2.55. The third kappa shape index (κ3) is 3.87. The number of amides is 2. The summed E-state index contributed by atoms with van der Waals surface area (Å²) >= 11 is 0. The second kappa shape index (κ2) is 7.77. The van der Waals surface area contributed by atoms with Gasteiger partial charge >= 0.3 is 0 Å². The lowest BCUT2D eigenvalue weighted by Gasteiger charge is -2.27. The molecule has 2 amide bonds. The van der Waals surface area contributed by atoms with E-state index in [2.05, 4.69) is 28.8 Å². The molecule has 3 atom stereocenters. The minimum absolute atomic E-state index is 0.0308. The number of piperidine rings is 1. The molecule has 0 radical (unpaired) electrons. The highest BCUT2D eigenvalue weighted by molar-refractivity contribution is 6.55. The number of nitrogens with zero attached hydrogens (tertiary/aromatic N) is 3. The summed E-state index contributed by atoms with van der Waals surface area (Å²) < 4.78 is 1.62. The van der Waals surface area contributed by atoms with E-state index in [0.717, 1.165) is 30.1 Å². The maximum Gasteiger partial charge on any atom is 0.245 e.